The van der Waals surface area contributed by atoms with E-state index in [4.69, 9.17) is 39.0 Å². The fourth-order valence-corrected chi connectivity index (χ4v) is 0.874. The van der Waals surface area contributed by atoms with Crippen LogP contribution in [0.2, 0.25) is 0 Å². The van der Waals surface area contributed by atoms with Gasteiger partial charge in [-0.1, -0.05) is 11.6 Å². The van der Waals surface area contributed by atoms with E-state index in [-0.39, 0.29) is 6.42 Å². The lowest BCUT2D eigenvalue weighted by atomic mass is 10.1. The van der Waals surface area contributed by atoms with Crippen LogP contribution in [0.15, 0.2) is 0 Å². The van der Waals surface area contributed by atoms with E-state index >= 15 is 0 Å². The van der Waals surface area contributed by atoms with Crippen LogP contribution >= 0.6 is 23.2 Å². The zero-order valence-corrected chi connectivity index (χ0v) is 6.89. The Morgan fingerprint density at radius 3 is 2.00 bits per heavy atom. The molecule has 56 valence electrons. The van der Waals surface area contributed by atoms with E-state index in [0.29, 0.717) is 0 Å². The molecule has 0 aliphatic rings. The van der Waals surface area contributed by atoms with Gasteiger partial charge in [-0.05, 0) is 0 Å². The maximum atomic E-state index is 8.36. The van der Waals surface area contributed by atoms with E-state index in [2.05, 4.69) is 0 Å². The molecule has 0 radical (unpaired) electrons. The minimum absolute atomic E-state index is 0.153. The second-order valence-corrected chi connectivity index (χ2v) is 3.00. The Labute approximate surface area is 74.3 Å². The summed E-state index contributed by atoms with van der Waals surface area (Å²) in [6.45, 7) is 0. The molecule has 1 unspecified atom stereocenters. The van der Waals surface area contributed by atoms with Gasteiger partial charge in [0.1, 0.15) is 17.5 Å². The van der Waals surface area contributed by atoms with Crippen molar-refractivity contribution < 1.29 is 0 Å². The summed E-state index contributed by atoms with van der Waals surface area (Å²) in [5.41, 5.74) is 0. The van der Waals surface area contributed by atoms with Crippen molar-refractivity contribution in [3.8, 4) is 18.2 Å². The molecule has 5 heteroatoms. The summed E-state index contributed by atoms with van der Waals surface area (Å²) in [6.07, 6.45) is -0.153. The van der Waals surface area contributed by atoms with Crippen molar-refractivity contribution in [2.75, 3.05) is 0 Å². The second kappa shape index (κ2) is 4.04. The number of hydrogen-bond donors (Lipinski definition) is 0. The highest BCUT2D eigenvalue weighted by molar-refractivity contribution is 6.29. The summed E-state index contributed by atoms with van der Waals surface area (Å²) in [6, 6.07) is 4.79. The third kappa shape index (κ3) is 3.10. The van der Waals surface area contributed by atoms with Crippen LogP contribution in [-0.4, -0.2) is 10.3 Å². The number of alkyl halides is 2. The number of nitriles is 3. The molecule has 0 saturated heterocycles. The monoisotopic (exact) mass is 187 g/mol. The van der Waals surface area contributed by atoms with Crippen LogP contribution in [0.4, 0.5) is 0 Å². The standard InChI is InChI=1S/C6H3Cl2N3/c7-5(2-9)1-6(8,3-10)4-11/h5H,1H2. The third-order valence-electron chi connectivity index (χ3n) is 0.955. The molecule has 0 saturated carbocycles. The van der Waals surface area contributed by atoms with Gasteiger partial charge < -0.3 is 0 Å². The topological polar surface area (TPSA) is 71.4 Å². The van der Waals surface area contributed by atoms with Gasteiger partial charge in [-0.2, -0.15) is 15.8 Å². The smallest absolute Gasteiger partial charge is 0.197 e. The Balaban J connectivity index is 4.29. The van der Waals surface area contributed by atoms with E-state index in [1.54, 1.807) is 18.2 Å². The highest BCUT2D eigenvalue weighted by atomic mass is 35.5. The lowest BCUT2D eigenvalue weighted by Gasteiger charge is -2.08. The lowest BCUT2D eigenvalue weighted by molar-refractivity contribution is 0.792. The third-order valence-corrected chi connectivity index (χ3v) is 1.53. The Morgan fingerprint density at radius 1 is 1.27 bits per heavy atom. The van der Waals surface area contributed by atoms with Gasteiger partial charge in [0.05, 0.1) is 6.07 Å². The Kier molecular flexibility index (Phi) is 3.69. The average Bonchev–Trinajstić information content (AvgIpc) is 2.04. The van der Waals surface area contributed by atoms with Crippen LogP contribution in [-0.2, 0) is 0 Å². The highest BCUT2D eigenvalue weighted by Gasteiger charge is 2.29. The van der Waals surface area contributed by atoms with Crippen molar-refractivity contribution >= 4 is 23.2 Å². The maximum absolute atomic E-state index is 8.36. The summed E-state index contributed by atoms with van der Waals surface area (Å²) >= 11 is 10.8. The number of nitrogens with zero attached hydrogens (tertiary/aromatic N) is 3. The first-order valence-electron chi connectivity index (χ1n) is 2.63. The van der Waals surface area contributed by atoms with Gasteiger partial charge in [0.15, 0.2) is 0 Å². The van der Waals surface area contributed by atoms with E-state index in [0.717, 1.165) is 0 Å². The first-order chi connectivity index (χ1) is 5.08. The number of halogens is 2. The van der Waals surface area contributed by atoms with E-state index in [1.165, 1.54) is 0 Å². The molecule has 0 aliphatic carbocycles. The number of hydrogen-bond acceptors (Lipinski definition) is 3. The lowest BCUT2D eigenvalue weighted by Crippen LogP contribution is -2.20. The predicted octanol–water partition coefficient (Wildman–Crippen LogP) is 1.53. The van der Waals surface area contributed by atoms with Gasteiger partial charge >= 0.3 is 0 Å². The van der Waals surface area contributed by atoms with Crippen LogP contribution in [0.25, 0.3) is 0 Å². The molecule has 0 aliphatic heterocycles. The molecule has 0 rings (SSSR count). The molecule has 1 atom stereocenters. The Morgan fingerprint density at radius 2 is 1.73 bits per heavy atom. The molecule has 0 aromatic rings. The van der Waals surface area contributed by atoms with Gasteiger partial charge in [-0.25, -0.2) is 0 Å². The second-order valence-electron chi connectivity index (χ2n) is 1.83. The molecule has 0 N–H and O–H groups in total. The molecule has 0 spiro atoms. The molecule has 11 heavy (non-hydrogen) atoms. The molecule has 0 aromatic heterocycles. The first-order valence-corrected chi connectivity index (χ1v) is 3.44. The molecule has 0 heterocycles. The summed E-state index contributed by atoms with van der Waals surface area (Å²) in [5.74, 6) is 0. The zero-order valence-electron chi connectivity index (χ0n) is 5.38. The summed E-state index contributed by atoms with van der Waals surface area (Å²) in [5, 5.41) is 24.0. The molecule has 0 amide bonds. The predicted molar refractivity (Wildman–Crippen MR) is 39.7 cm³/mol. The summed E-state index contributed by atoms with van der Waals surface area (Å²) in [4.78, 5) is -1.66. The minimum Gasteiger partial charge on any atom is -0.197 e. The largest absolute Gasteiger partial charge is 0.218 e. The quantitative estimate of drug-likeness (QED) is 0.616. The van der Waals surface area contributed by atoms with Gasteiger partial charge in [0.2, 0.25) is 4.87 Å². The Hall–Kier alpha value is -0.950. The van der Waals surface area contributed by atoms with Crippen molar-refractivity contribution in [3.63, 3.8) is 0 Å². The Bertz CT molecular complexity index is 240. The van der Waals surface area contributed by atoms with Gasteiger partial charge in [-0.3, -0.25) is 0 Å². The van der Waals surface area contributed by atoms with Crippen LogP contribution in [0, 0.1) is 34.0 Å². The van der Waals surface area contributed by atoms with Crippen molar-refractivity contribution in [1.29, 1.82) is 15.8 Å². The zero-order chi connectivity index (χ0) is 8.91. The fraction of sp³-hybridized carbons (Fsp3) is 0.500. The molecule has 0 aromatic carbocycles. The van der Waals surface area contributed by atoms with Crippen molar-refractivity contribution in [1.82, 2.24) is 0 Å². The van der Waals surface area contributed by atoms with Crippen LogP contribution in [0.3, 0.4) is 0 Å². The molecular formula is C6H3Cl2N3. The van der Waals surface area contributed by atoms with Crippen molar-refractivity contribution in [2.45, 2.75) is 16.7 Å². The first kappa shape index (κ1) is 10.0. The maximum Gasteiger partial charge on any atom is 0.218 e. The van der Waals surface area contributed by atoms with Crippen LogP contribution in [0.5, 0.6) is 0 Å². The van der Waals surface area contributed by atoms with Gasteiger partial charge in [0.25, 0.3) is 0 Å². The van der Waals surface area contributed by atoms with E-state index in [9.17, 15) is 0 Å². The summed E-state index contributed by atoms with van der Waals surface area (Å²) in [7, 11) is 0. The van der Waals surface area contributed by atoms with Crippen molar-refractivity contribution in [2.24, 2.45) is 0 Å². The van der Waals surface area contributed by atoms with Gasteiger partial charge in [0, 0.05) is 6.42 Å². The molecule has 0 bridgehead atoms. The molecule has 0 fully saturated rings. The average molecular weight is 188 g/mol. The SMILES string of the molecule is N#CC(Cl)CC(Cl)(C#N)C#N. The normalized spacial score (nSPS) is 12.3. The molecular weight excluding hydrogens is 185 g/mol. The van der Waals surface area contributed by atoms with Crippen LogP contribution in [0.1, 0.15) is 6.42 Å². The molecule has 3 nitrogen and oxygen atoms in total. The minimum atomic E-state index is -1.66. The van der Waals surface area contributed by atoms with Crippen LogP contribution < -0.4 is 0 Å². The van der Waals surface area contributed by atoms with E-state index < -0.39 is 10.3 Å². The fourth-order valence-electron chi connectivity index (χ4n) is 0.409. The van der Waals surface area contributed by atoms with Gasteiger partial charge in [-0.15, -0.1) is 11.6 Å². The van der Waals surface area contributed by atoms with E-state index in [1.807, 2.05) is 0 Å². The summed E-state index contributed by atoms with van der Waals surface area (Å²) < 4.78 is 0. The van der Waals surface area contributed by atoms with Crippen molar-refractivity contribution in [3.05, 3.63) is 0 Å². The number of rotatable bonds is 2. The highest BCUT2D eigenvalue weighted by Crippen LogP contribution is 2.21.